The zero-order chi connectivity index (χ0) is 57.7. The van der Waals surface area contributed by atoms with Gasteiger partial charge in [-0.25, -0.2) is 19.2 Å². The van der Waals surface area contributed by atoms with E-state index in [0.29, 0.717) is 22.3 Å². The minimum atomic E-state index is -1.27. The predicted molar refractivity (Wildman–Crippen MR) is 359 cm³/mol. The Morgan fingerprint density at radius 3 is 0.650 bits per heavy atom. The van der Waals surface area contributed by atoms with E-state index in [-0.39, 0.29) is 22.3 Å². The molecule has 0 aliphatic carbocycles. The van der Waals surface area contributed by atoms with Crippen molar-refractivity contribution in [3.05, 3.63) is 95.2 Å². The highest BCUT2D eigenvalue weighted by atomic mass is 32.3. The number of allylic oxidation sites excluding steroid dienone is 2. The van der Waals surface area contributed by atoms with Gasteiger partial charge in [0, 0.05) is 11.1 Å². The first-order valence-corrected chi connectivity index (χ1v) is 37.6. The van der Waals surface area contributed by atoms with Crippen molar-refractivity contribution in [2.45, 2.75) is 233 Å². The summed E-state index contributed by atoms with van der Waals surface area (Å²) in [6, 6.07) is 8.49. The number of hydrogen-bond acceptors (Lipinski definition) is 12. The molecule has 0 radical (unpaired) electrons. The van der Waals surface area contributed by atoms with Crippen molar-refractivity contribution < 1.29 is 39.6 Å². The summed E-state index contributed by atoms with van der Waals surface area (Å²) in [7, 11) is 0. The quantitative estimate of drug-likeness (QED) is 0.0465. The molecule has 4 N–H and O–H groups in total. The fourth-order valence-electron chi connectivity index (χ4n) is 9.47. The Labute approximate surface area is 516 Å². The lowest BCUT2D eigenvalue weighted by atomic mass is 9.90. The second-order valence-corrected chi connectivity index (χ2v) is 31.0. The van der Waals surface area contributed by atoms with Gasteiger partial charge < -0.3 is 20.4 Å². The summed E-state index contributed by atoms with van der Waals surface area (Å²) in [6.45, 7) is 8.98. The van der Waals surface area contributed by atoms with E-state index in [0.717, 1.165) is 99.8 Å². The SMILES string of the molecule is CCCCCCCCCCSC1=C(SCCCCCCCCCC)SC(=C(C(=C2SC(SCCCCCCCCCC)=C(SCCCCCCCCCC)S2)c2cc(C(=O)O)cc(C(=O)O)c2)c2cc(C(=O)O)cc(C(=O)O)c2)S1. The van der Waals surface area contributed by atoms with Crippen molar-refractivity contribution in [1.29, 1.82) is 0 Å². The van der Waals surface area contributed by atoms with Crippen LogP contribution in [0.25, 0.3) is 11.1 Å². The molecule has 0 spiro atoms. The molecule has 2 aromatic rings. The molecule has 0 bridgehead atoms. The smallest absolute Gasteiger partial charge is 0.335 e. The molecule has 0 amide bonds. The zero-order valence-electron chi connectivity index (χ0n) is 48.6. The molecule has 4 rings (SSSR count). The van der Waals surface area contributed by atoms with Gasteiger partial charge in [0.05, 0.1) is 47.7 Å². The summed E-state index contributed by atoms with van der Waals surface area (Å²) in [4.78, 5) is 51.9. The normalized spacial score (nSPS) is 13.6. The molecular weight excluding hydrogens is 1150 g/mol. The Balaban J connectivity index is 1.88. The average molecular weight is 1250 g/mol. The number of benzene rings is 2. The topological polar surface area (TPSA) is 149 Å². The van der Waals surface area contributed by atoms with Crippen molar-refractivity contribution in [3.8, 4) is 0 Å². The van der Waals surface area contributed by atoms with Crippen molar-refractivity contribution in [2.24, 2.45) is 0 Å². The third kappa shape index (κ3) is 27.0. The number of carboxylic acid groups (broad SMARTS) is 4. The molecule has 2 heterocycles. The van der Waals surface area contributed by atoms with Gasteiger partial charge in [0.15, 0.2) is 0 Å². The van der Waals surface area contributed by atoms with Crippen LogP contribution >= 0.6 is 94.1 Å². The average Bonchev–Trinajstić information content (AvgIpc) is 4.09. The first-order chi connectivity index (χ1) is 38.9. The van der Waals surface area contributed by atoms with Crippen LogP contribution in [0.5, 0.6) is 0 Å². The maximum absolute atomic E-state index is 13.0. The van der Waals surface area contributed by atoms with Crippen LogP contribution in [-0.4, -0.2) is 67.3 Å². The predicted octanol–water partition coefficient (Wildman–Crippen LogP) is 23.2. The molecule has 0 saturated carbocycles. The van der Waals surface area contributed by atoms with Gasteiger partial charge in [0.25, 0.3) is 0 Å². The number of rotatable bonds is 47. The van der Waals surface area contributed by atoms with E-state index in [2.05, 4.69) is 27.7 Å². The second kappa shape index (κ2) is 42.8. The molecule has 0 fully saturated rings. The highest BCUT2D eigenvalue weighted by molar-refractivity contribution is 8.41. The van der Waals surface area contributed by atoms with Gasteiger partial charge in [0.2, 0.25) is 0 Å². The van der Waals surface area contributed by atoms with Crippen molar-refractivity contribution >= 4 is 129 Å². The number of hydrogen-bond donors (Lipinski definition) is 4. The largest absolute Gasteiger partial charge is 0.478 e. The summed E-state index contributed by atoms with van der Waals surface area (Å²) in [6.07, 6.45) is 39.0. The van der Waals surface area contributed by atoms with Gasteiger partial charge >= 0.3 is 23.9 Å². The monoisotopic (exact) mass is 1250 g/mol. The van der Waals surface area contributed by atoms with E-state index in [9.17, 15) is 39.6 Å². The first kappa shape index (κ1) is 70.6. The maximum Gasteiger partial charge on any atom is 0.335 e. The van der Waals surface area contributed by atoms with Gasteiger partial charge in [-0.1, -0.05) is 255 Å². The molecule has 16 heteroatoms. The van der Waals surface area contributed by atoms with E-state index >= 15 is 0 Å². The van der Waals surface area contributed by atoms with E-state index in [4.69, 9.17) is 0 Å². The lowest BCUT2D eigenvalue weighted by molar-refractivity contribution is 0.0676. The van der Waals surface area contributed by atoms with Crippen LogP contribution in [0.1, 0.15) is 286 Å². The Kier molecular flexibility index (Phi) is 37.8. The maximum atomic E-state index is 13.0. The molecule has 80 heavy (non-hydrogen) atoms. The fraction of sp³-hybridized carbons (Fsp3) is 0.625. The highest BCUT2D eigenvalue weighted by Crippen LogP contribution is 2.65. The van der Waals surface area contributed by atoms with Crippen molar-refractivity contribution in [1.82, 2.24) is 0 Å². The summed E-state index contributed by atoms with van der Waals surface area (Å²) >= 11 is 13.9. The Morgan fingerprint density at radius 1 is 0.287 bits per heavy atom. The molecule has 0 aromatic heterocycles. The fourth-order valence-corrected chi connectivity index (χ4v) is 21.7. The van der Waals surface area contributed by atoms with Gasteiger partial charge in [-0.3, -0.25) is 0 Å². The Hall–Kier alpha value is -1.92. The van der Waals surface area contributed by atoms with Crippen LogP contribution in [0.3, 0.4) is 0 Å². The summed E-state index contributed by atoms with van der Waals surface area (Å²) in [5, 5.41) is 42.3. The summed E-state index contributed by atoms with van der Waals surface area (Å²) in [5.74, 6) is -1.34. The number of carboxylic acids is 4. The lowest BCUT2D eigenvalue weighted by Crippen LogP contribution is -2.07. The highest BCUT2D eigenvalue weighted by Gasteiger charge is 2.34. The summed E-state index contributed by atoms with van der Waals surface area (Å²) < 4.78 is 6.29. The van der Waals surface area contributed by atoms with Crippen LogP contribution in [0.15, 0.2) is 61.8 Å². The number of thioether (sulfide) groups is 8. The molecule has 446 valence electrons. The molecule has 0 unspecified atom stereocenters. The number of unbranched alkanes of at least 4 members (excludes halogenated alkanes) is 28. The third-order valence-corrected chi connectivity index (χ3v) is 25.5. The second-order valence-electron chi connectivity index (χ2n) is 21.0. The lowest BCUT2D eigenvalue weighted by Gasteiger charge is -2.20. The summed E-state index contributed by atoms with van der Waals surface area (Å²) in [5.41, 5.74) is 1.15. The van der Waals surface area contributed by atoms with Crippen LogP contribution in [0.4, 0.5) is 0 Å². The van der Waals surface area contributed by atoms with Gasteiger partial charge in [-0.05, 0) is 96.2 Å². The Bertz CT molecular complexity index is 2060. The molecule has 2 aromatic carbocycles. The standard InChI is InChI=1S/C64H94O8S8/c1-5-9-13-17-21-25-29-33-37-73-61-62(74-38-34-30-26-22-18-14-10-6-2)78-59(77-61)53(47-41-49(55(65)66)45-50(42-47)56(67)68)54(48-43-51(57(69)70)46-52(44-48)58(71)72)60-79-63(75-39-35-31-27-23-19-15-11-7-3)64(80-60)76-40-36-32-28-24-20-16-12-8-4/h41-46H,5-40H2,1-4H3,(H,65,66)(H,67,68)(H,69,70)(H,71,72). The van der Waals surface area contributed by atoms with Crippen molar-refractivity contribution in [3.63, 3.8) is 0 Å². The van der Waals surface area contributed by atoms with E-state index in [1.165, 1.54) is 190 Å². The first-order valence-electron chi connectivity index (χ1n) is 30.4. The van der Waals surface area contributed by atoms with E-state index in [1.54, 1.807) is 47.0 Å². The minimum Gasteiger partial charge on any atom is -0.478 e. The zero-order valence-corrected chi connectivity index (χ0v) is 55.1. The Morgan fingerprint density at radius 2 is 0.463 bits per heavy atom. The van der Waals surface area contributed by atoms with Gasteiger partial charge in [-0.15, -0.1) is 47.0 Å². The molecule has 2 aliphatic rings. The molecule has 2 aliphatic heterocycles. The third-order valence-electron chi connectivity index (χ3n) is 14.1. The van der Waals surface area contributed by atoms with Crippen molar-refractivity contribution in [2.75, 3.05) is 23.0 Å². The number of aromatic carboxylic acids is 4. The van der Waals surface area contributed by atoms with Crippen LogP contribution in [-0.2, 0) is 0 Å². The van der Waals surface area contributed by atoms with Crippen LogP contribution < -0.4 is 0 Å². The molecule has 0 saturated heterocycles. The van der Waals surface area contributed by atoms with Gasteiger partial charge in [0.1, 0.15) is 0 Å². The molecular formula is C64H94O8S8. The molecule has 0 atom stereocenters. The number of carbonyl (C=O) groups is 4. The van der Waals surface area contributed by atoms with E-state index < -0.39 is 23.9 Å². The van der Waals surface area contributed by atoms with Crippen LogP contribution in [0.2, 0.25) is 0 Å². The molecule has 8 nitrogen and oxygen atoms in total. The van der Waals surface area contributed by atoms with Crippen LogP contribution in [0, 0.1) is 0 Å². The van der Waals surface area contributed by atoms with Gasteiger partial charge in [-0.2, -0.15) is 0 Å². The van der Waals surface area contributed by atoms with E-state index in [1.807, 2.05) is 47.0 Å². The minimum absolute atomic E-state index is 0.185.